The highest BCUT2D eigenvalue weighted by Gasteiger charge is 2.09. The predicted molar refractivity (Wildman–Crippen MR) is 53.0 cm³/mol. The minimum Gasteiger partial charge on any atom is -0.362 e. The van der Waals surface area contributed by atoms with Gasteiger partial charge in [0.25, 0.3) is 0 Å². The van der Waals surface area contributed by atoms with Gasteiger partial charge in [0.15, 0.2) is 0 Å². The molecule has 0 fully saturated rings. The Bertz CT molecular complexity index is 388. The lowest BCUT2D eigenvalue weighted by atomic mass is 10.1. The first-order chi connectivity index (χ1) is 6.03. The molecule has 1 aromatic rings. The molecular weight excluding hydrogens is 206 g/mol. The lowest BCUT2D eigenvalue weighted by Crippen LogP contribution is -2.07. The molecule has 14 heavy (non-hydrogen) atoms. The second-order valence-corrected chi connectivity index (χ2v) is 3.49. The highest BCUT2D eigenvalue weighted by Crippen LogP contribution is 2.19. The molecule has 1 aromatic carbocycles. The Morgan fingerprint density at radius 2 is 1.93 bits per heavy atom. The number of aryl methyl sites for hydroxylation is 1. The average Bonchev–Trinajstić information content (AvgIpc) is 2.02. The smallest absolute Gasteiger partial charge is 0.362 e. The number of rotatable bonds is 3. The third-order valence-corrected chi connectivity index (χ3v) is 1.94. The van der Waals surface area contributed by atoms with E-state index in [2.05, 4.69) is 4.18 Å². The molecule has 0 saturated carbocycles. The summed E-state index contributed by atoms with van der Waals surface area (Å²) >= 11 is 0. The molecule has 6 heteroatoms. The van der Waals surface area contributed by atoms with Crippen molar-refractivity contribution >= 4 is 10.4 Å². The molecule has 5 nitrogen and oxygen atoms in total. The van der Waals surface area contributed by atoms with E-state index in [0.717, 1.165) is 5.56 Å². The van der Waals surface area contributed by atoms with E-state index < -0.39 is 10.4 Å². The third kappa shape index (κ3) is 3.73. The Hall–Kier alpha value is -1.11. The Kier molecular flexibility index (Phi) is 4.55. The zero-order valence-corrected chi connectivity index (χ0v) is 8.62. The van der Waals surface area contributed by atoms with Crippen molar-refractivity contribution in [3.05, 3.63) is 29.8 Å². The molecule has 0 aromatic heterocycles. The fourth-order valence-electron chi connectivity index (χ4n) is 0.991. The SMILES string of the molecule is CCc1ccccc1OS(=O)(=O)O.N. The summed E-state index contributed by atoms with van der Waals surface area (Å²) < 4.78 is 33.6. The fraction of sp³-hybridized carbons (Fsp3) is 0.250. The number of para-hydroxylation sites is 1. The van der Waals surface area contributed by atoms with Gasteiger partial charge >= 0.3 is 10.4 Å². The normalized spacial score (nSPS) is 10.4. The van der Waals surface area contributed by atoms with Crippen molar-refractivity contribution in [2.45, 2.75) is 13.3 Å². The van der Waals surface area contributed by atoms with Crippen LogP contribution < -0.4 is 10.3 Å². The van der Waals surface area contributed by atoms with Gasteiger partial charge in [0.05, 0.1) is 0 Å². The minimum absolute atomic E-state index is 0. The summed E-state index contributed by atoms with van der Waals surface area (Å²) in [5.41, 5.74) is 0.736. The quantitative estimate of drug-likeness (QED) is 0.752. The molecule has 0 unspecified atom stereocenters. The molecule has 0 radical (unpaired) electrons. The highest BCUT2D eigenvalue weighted by molar-refractivity contribution is 7.81. The van der Waals surface area contributed by atoms with Crippen LogP contribution in [0.3, 0.4) is 0 Å². The van der Waals surface area contributed by atoms with Crippen LogP contribution in [-0.4, -0.2) is 13.0 Å². The first-order valence-corrected chi connectivity index (χ1v) is 5.14. The van der Waals surface area contributed by atoms with E-state index in [0.29, 0.717) is 6.42 Å². The first-order valence-electron chi connectivity index (χ1n) is 3.77. The van der Waals surface area contributed by atoms with Crippen LogP contribution in [0.4, 0.5) is 0 Å². The lowest BCUT2D eigenvalue weighted by molar-refractivity contribution is 0.385. The Morgan fingerprint density at radius 3 is 2.43 bits per heavy atom. The Labute approximate surface area is 83.2 Å². The van der Waals surface area contributed by atoms with Crippen LogP contribution in [0, 0.1) is 0 Å². The van der Waals surface area contributed by atoms with Crippen molar-refractivity contribution < 1.29 is 17.2 Å². The van der Waals surface area contributed by atoms with Gasteiger partial charge < -0.3 is 10.3 Å². The summed E-state index contributed by atoms with van der Waals surface area (Å²) in [6, 6.07) is 6.64. The van der Waals surface area contributed by atoms with Crippen LogP contribution in [0.25, 0.3) is 0 Å². The maximum absolute atomic E-state index is 10.4. The van der Waals surface area contributed by atoms with Gasteiger partial charge in [0, 0.05) is 0 Å². The van der Waals surface area contributed by atoms with Crippen LogP contribution in [-0.2, 0) is 16.8 Å². The van der Waals surface area contributed by atoms with Crippen LogP contribution in [0.1, 0.15) is 12.5 Å². The van der Waals surface area contributed by atoms with Crippen molar-refractivity contribution in [2.24, 2.45) is 0 Å². The van der Waals surface area contributed by atoms with E-state index in [9.17, 15) is 8.42 Å². The van der Waals surface area contributed by atoms with Crippen molar-refractivity contribution in [1.82, 2.24) is 6.15 Å². The lowest BCUT2D eigenvalue weighted by Gasteiger charge is -2.05. The van der Waals surface area contributed by atoms with Gasteiger partial charge in [0.1, 0.15) is 5.75 Å². The monoisotopic (exact) mass is 219 g/mol. The highest BCUT2D eigenvalue weighted by atomic mass is 32.3. The second kappa shape index (κ2) is 4.94. The fourth-order valence-corrected chi connectivity index (χ4v) is 1.38. The Morgan fingerprint density at radius 1 is 1.36 bits per heavy atom. The van der Waals surface area contributed by atoms with Crippen molar-refractivity contribution in [3.63, 3.8) is 0 Å². The van der Waals surface area contributed by atoms with Gasteiger partial charge in [-0.15, -0.1) is 0 Å². The maximum atomic E-state index is 10.4. The minimum atomic E-state index is -4.41. The van der Waals surface area contributed by atoms with E-state index in [1.807, 2.05) is 6.92 Å². The largest absolute Gasteiger partial charge is 0.446 e. The molecule has 0 saturated heterocycles. The summed E-state index contributed by atoms with van der Waals surface area (Å²) in [6.45, 7) is 1.87. The first kappa shape index (κ1) is 12.9. The summed E-state index contributed by atoms with van der Waals surface area (Å²) in [5, 5.41) is 0. The van der Waals surface area contributed by atoms with Gasteiger partial charge in [-0.3, -0.25) is 4.55 Å². The summed E-state index contributed by atoms with van der Waals surface area (Å²) in [7, 11) is -4.41. The molecular formula is C8H13NO4S. The van der Waals surface area contributed by atoms with Gasteiger partial charge in [-0.05, 0) is 18.1 Å². The summed E-state index contributed by atoms with van der Waals surface area (Å²) in [4.78, 5) is 0. The van der Waals surface area contributed by atoms with Gasteiger partial charge in [0.2, 0.25) is 0 Å². The molecule has 4 N–H and O–H groups in total. The average molecular weight is 219 g/mol. The van der Waals surface area contributed by atoms with Gasteiger partial charge in [-0.2, -0.15) is 8.42 Å². The van der Waals surface area contributed by atoms with Gasteiger partial charge in [-0.25, -0.2) is 0 Å². The molecule has 0 aliphatic heterocycles. The van der Waals surface area contributed by atoms with Crippen LogP contribution >= 0.6 is 0 Å². The summed E-state index contributed by atoms with van der Waals surface area (Å²) in [6.07, 6.45) is 0.645. The molecule has 0 aliphatic carbocycles. The number of hydrogen-bond acceptors (Lipinski definition) is 4. The maximum Gasteiger partial charge on any atom is 0.446 e. The third-order valence-electron chi connectivity index (χ3n) is 1.55. The Balaban J connectivity index is 0.00000169. The molecule has 80 valence electrons. The molecule has 0 bridgehead atoms. The van der Waals surface area contributed by atoms with Crippen LogP contribution in [0.2, 0.25) is 0 Å². The molecule has 0 aliphatic rings. The van der Waals surface area contributed by atoms with E-state index in [1.165, 1.54) is 6.07 Å². The van der Waals surface area contributed by atoms with Crippen molar-refractivity contribution in [1.29, 1.82) is 0 Å². The van der Waals surface area contributed by atoms with E-state index in [-0.39, 0.29) is 11.9 Å². The number of hydrogen-bond donors (Lipinski definition) is 2. The van der Waals surface area contributed by atoms with Crippen molar-refractivity contribution in [2.75, 3.05) is 0 Å². The van der Waals surface area contributed by atoms with E-state index in [4.69, 9.17) is 4.55 Å². The second-order valence-electron chi connectivity index (χ2n) is 2.47. The topological polar surface area (TPSA) is 98.6 Å². The van der Waals surface area contributed by atoms with Gasteiger partial charge in [-0.1, -0.05) is 25.1 Å². The van der Waals surface area contributed by atoms with Crippen LogP contribution in [0.15, 0.2) is 24.3 Å². The molecule has 0 spiro atoms. The number of benzene rings is 1. The standard InChI is InChI=1S/C8H10O4S.H3N/c1-2-7-5-3-4-6-8(7)12-13(9,10)11;/h3-6H,2H2,1H3,(H,9,10,11);1H3. The molecule has 0 atom stereocenters. The molecule has 0 amide bonds. The van der Waals surface area contributed by atoms with Crippen LogP contribution in [0.5, 0.6) is 5.75 Å². The van der Waals surface area contributed by atoms with Crippen molar-refractivity contribution in [3.8, 4) is 5.75 Å². The summed E-state index contributed by atoms with van der Waals surface area (Å²) in [5.74, 6) is 0.174. The van der Waals surface area contributed by atoms with E-state index >= 15 is 0 Å². The predicted octanol–water partition coefficient (Wildman–Crippen LogP) is 1.59. The molecule has 0 heterocycles. The molecule has 1 rings (SSSR count). The zero-order valence-electron chi connectivity index (χ0n) is 7.80. The zero-order chi connectivity index (χ0) is 9.90. The van der Waals surface area contributed by atoms with E-state index in [1.54, 1.807) is 18.2 Å².